The number of phenolic OH excluding ortho intramolecular Hbond substituents is 1. The largest absolute Gasteiger partial charge is 0.506 e. The van der Waals surface area contributed by atoms with Gasteiger partial charge in [-0.15, -0.1) is 11.3 Å². The van der Waals surface area contributed by atoms with Gasteiger partial charge in [0.15, 0.2) is 5.82 Å². The highest BCUT2D eigenvalue weighted by atomic mass is 35.5. The second kappa shape index (κ2) is 8.25. The lowest BCUT2D eigenvalue weighted by Crippen LogP contribution is -2.48. The molecule has 4 aromatic rings. The summed E-state index contributed by atoms with van der Waals surface area (Å²) in [6.07, 6.45) is 1.62. The third-order valence-corrected chi connectivity index (χ3v) is 6.70. The molecule has 2 N–H and O–H groups in total. The van der Waals surface area contributed by atoms with Crippen molar-refractivity contribution >= 4 is 44.7 Å². The number of nitrogens with zero attached hydrogens (tertiary/aromatic N) is 4. The third kappa shape index (κ3) is 3.69. The lowest BCUT2D eigenvalue weighted by atomic mass is 10.2. The summed E-state index contributed by atoms with van der Waals surface area (Å²) in [4.78, 5) is 41.3. The van der Waals surface area contributed by atoms with Crippen molar-refractivity contribution in [2.24, 2.45) is 0 Å². The Labute approximate surface area is 191 Å². The number of phenols is 1. The number of hydrogen-bond acceptors (Lipinski definition) is 7. The third-order valence-electron chi connectivity index (χ3n) is 5.43. The minimum absolute atomic E-state index is 0.0427. The molecule has 1 saturated heterocycles. The van der Waals surface area contributed by atoms with Gasteiger partial charge in [-0.3, -0.25) is 14.6 Å². The number of aromatic amines is 1. The lowest BCUT2D eigenvalue weighted by molar-refractivity contribution is 0.0749. The molecular formula is C22H18ClN5O3S. The van der Waals surface area contributed by atoms with Crippen molar-refractivity contribution in [1.82, 2.24) is 19.9 Å². The number of nitrogens with one attached hydrogen (secondary N) is 1. The van der Waals surface area contributed by atoms with Crippen LogP contribution in [0.4, 0.5) is 5.69 Å². The highest BCUT2D eigenvalue weighted by Crippen LogP contribution is 2.29. The molecule has 0 radical (unpaired) electrons. The predicted octanol–water partition coefficient (Wildman–Crippen LogP) is 3.37. The Hall–Kier alpha value is -3.43. The number of carbonyl (C=O) groups is 1. The number of rotatable bonds is 3. The molecule has 1 aliphatic rings. The maximum atomic E-state index is 13.3. The quantitative estimate of drug-likeness (QED) is 0.479. The molecule has 0 unspecified atom stereocenters. The van der Waals surface area contributed by atoms with Gasteiger partial charge in [-0.25, -0.2) is 4.98 Å². The van der Waals surface area contributed by atoms with E-state index in [1.165, 1.54) is 11.3 Å². The van der Waals surface area contributed by atoms with Crippen LogP contribution in [-0.2, 0) is 0 Å². The van der Waals surface area contributed by atoms with Gasteiger partial charge in [0.25, 0.3) is 11.5 Å². The Kier molecular flexibility index (Phi) is 5.28. The number of H-pyrrole nitrogens is 1. The molecular weight excluding hydrogens is 450 g/mol. The summed E-state index contributed by atoms with van der Waals surface area (Å²) in [6.45, 7) is 2.29. The van der Waals surface area contributed by atoms with Gasteiger partial charge >= 0.3 is 0 Å². The molecule has 3 aromatic heterocycles. The zero-order valence-electron chi connectivity index (χ0n) is 16.8. The summed E-state index contributed by atoms with van der Waals surface area (Å²) in [5, 5.41) is 11.6. The first-order valence-electron chi connectivity index (χ1n) is 9.97. The molecule has 0 saturated carbocycles. The monoisotopic (exact) mass is 467 g/mol. The first kappa shape index (κ1) is 20.5. The van der Waals surface area contributed by atoms with Crippen LogP contribution in [0.2, 0.25) is 5.02 Å². The molecule has 1 aliphatic heterocycles. The highest BCUT2D eigenvalue weighted by Gasteiger charge is 2.26. The molecule has 1 fully saturated rings. The first-order chi connectivity index (χ1) is 15.5. The molecule has 1 aromatic carbocycles. The van der Waals surface area contributed by atoms with Crippen molar-refractivity contribution in [2.45, 2.75) is 0 Å². The average Bonchev–Trinajstić information content (AvgIpc) is 3.26. The van der Waals surface area contributed by atoms with E-state index in [4.69, 9.17) is 11.6 Å². The van der Waals surface area contributed by atoms with Crippen molar-refractivity contribution in [3.63, 3.8) is 0 Å². The van der Waals surface area contributed by atoms with Crippen LogP contribution in [-0.4, -0.2) is 57.0 Å². The van der Waals surface area contributed by atoms with E-state index in [0.717, 1.165) is 5.69 Å². The van der Waals surface area contributed by atoms with E-state index in [1.807, 2.05) is 6.07 Å². The SMILES string of the molecule is O=C(c1csc2c(=O)[nH]c(-c3ccccn3)nc12)N1CCN(c2ccc(O)c(Cl)c2)CC1. The molecule has 8 nitrogen and oxygen atoms in total. The van der Waals surface area contributed by atoms with E-state index >= 15 is 0 Å². The summed E-state index contributed by atoms with van der Waals surface area (Å²) in [6, 6.07) is 10.4. The molecule has 0 spiro atoms. The highest BCUT2D eigenvalue weighted by molar-refractivity contribution is 7.17. The van der Waals surface area contributed by atoms with E-state index in [2.05, 4.69) is 19.9 Å². The number of fused-ring (bicyclic) bond motifs is 1. The Morgan fingerprint density at radius 3 is 2.69 bits per heavy atom. The number of aromatic nitrogens is 3. The van der Waals surface area contributed by atoms with Crippen LogP contribution < -0.4 is 10.5 Å². The van der Waals surface area contributed by atoms with Gasteiger partial charge < -0.3 is 19.9 Å². The zero-order chi connectivity index (χ0) is 22.2. The fraction of sp³-hybridized carbons (Fsp3) is 0.182. The van der Waals surface area contributed by atoms with Crippen LogP contribution >= 0.6 is 22.9 Å². The maximum absolute atomic E-state index is 13.3. The van der Waals surface area contributed by atoms with Crippen molar-refractivity contribution in [2.75, 3.05) is 31.1 Å². The van der Waals surface area contributed by atoms with E-state index in [1.54, 1.807) is 46.8 Å². The van der Waals surface area contributed by atoms with Gasteiger partial charge in [-0.1, -0.05) is 17.7 Å². The van der Waals surface area contributed by atoms with Crippen molar-refractivity contribution in [3.05, 3.63) is 68.9 Å². The Morgan fingerprint density at radius 1 is 1.16 bits per heavy atom. The molecule has 1 amide bonds. The second-order valence-corrected chi connectivity index (χ2v) is 8.66. The van der Waals surface area contributed by atoms with Gasteiger partial charge in [0.2, 0.25) is 0 Å². The standard InChI is InChI=1S/C22H18ClN5O3S/c23-15-11-13(4-5-17(15)29)27-7-9-28(10-8-27)22(31)14-12-32-19-18(14)25-20(26-21(19)30)16-3-1-2-6-24-16/h1-6,11-12,29H,7-10H2,(H,25,26,30). The summed E-state index contributed by atoms with van der Waals surface area (Å²) in [5.74, 6) is 0.232. The Bertz CT molecular complexity index is 1360. The number of carbonyl (C=O) groups excluding carboxylic acids is 1. The fourth-order valence-electron chi connectivity index (χ4n) is 3.73. The van der Waals surface area contributed by atoms with E-state index in [9.17, 15) is 14.7 Å². The number of amides is 1. The Morgan fingerprint density at radius 2 is 1.97 bits per heavy atom. The number of anilines is 1. The van der Waals surface area contributed by atoms with E-state index < -0.39 is 0 Å². The van der Waals surface area contributed by atoms with Crippen molar-refractivity contribution in [3.8, 4) is 17.3 Å². The van der Waals surface area contributed by atoms with Gasteiger partial charge in [-0.05, 0) is 30.3 Å². The van der Waals surface area contributed by atoms with Gasteiger partial charge in [0, 0.05) is 43.4 Å². The summed E-state index contributed by atoms with van der Waals surface area (Å²) >= 11 is 7.24. The van der Waals surface area contributed by atoms with Crippen LogP contribution in [0.5, 0.6) is 5.75 Å². The number of aromatic hydroxyl groups is 1. The van der Waals surface area contributed by atoms with Crippen molar-refractivity contribution in [1.29, 1.82) is 0 Å². The normalized spacial score (nSPS) is 14.2. The van der Waals surface area contributed by atoms with Gasteiger partial charge in [0.05, 0.1) is 10.6 Å². The minimum Gasteiger partial charge on any atom is -0.506 e. The van der Waals surface area contributed by atoms with Gasteiger partial charge in [-0.2, -0.15) is 0 Å². The zero-order valence-corrected chi connectivity index (χ0v) is 18.4. The van der Waals surface area contributed by atoms with Crippen LogP contribution in [0.15, 0.2) is 52.8 Å². The van der Waals surface area contributed by atoms with Crippen LogP contribution in [0.25, 0.3) is 21.7 Å². The molecule has 32 heavy (non-hydrogen) atoms. The van der Waals surface area contributed by atoms with Crippen LogP contribution in [0.1, 0.15) is 10.4 Å². The van der Waals surface area contributed by atoms with Crippen LogP contribution in [0, 0.1) is 0 Å². The predicted molar refractivity (Wildman–Crippen MR) is 125 cm³/mol. The minimum atomic E-state index is -0.284. The van der Waals surface area contributed by atoms with Gasteiger partial charge in [0.1, 0.15) is 21.7 Å². The first-order valence-corrected chi connectivity index (χ1v) is 11.2. The molecule has 0 bridgehead atoms. The molecule has 162 valence electrons. The number of benzene rings is 1. The number of piperazine rings is 1. The molecule has 0 atom stereocenters. The smallest absolute Gasteiger partial charge is 0.269 e. The maximum Gasteiger partial charge on any atom is 0.269 e. The summed E-state index contributed by atoms with van der Waals surface area (Å²) < 4.78 is 0.422. The summed E-state index contributed by atoms with van der Waals surface area (Å²) in [7, 11) is 0. The van der Waals surface area contributed by atoms with E-state index in [0.29, 0.717) is 58.5 Å². The number of hydrogen-bond donors (Lipinski definition) is 2. The fourth-order valence-corrected chi connectivity index (χ4v) is 4.78. The van der Waals surface area contributed by atoms with E-state index in [-0.39, 0.29) is 17.2 Å². The Balaban J connectivity index is 1.39. The number of thiophene rings is 1. The summed E-state index contributed by atoms with van der Waals surface area (Å²) in [5.41, 5.74) is 1.98. The molecule has 0 aliphatic carbocycles. The lowest BCUT2D eigenvalue weighted by Gasteiger charge is -2.36. The second-order valence-electron chi connectivity index (χ2n) is 7.37. The van der Waals surface area contributed by atoms with Crippen LogP contribution in [0.3, 0.4) is 0 Å². The average molecular weight is 468 g/mol. The number of halogens is 1. The molecule has 5 rings (SSSR count). The van der Waals surface area contributed by atoms with Crippen molar-refractivity contribution < 1.29 is 9.90 Å². The number of pyridine rings is 1. The topological polar surface area (TPSA) is 102 Å². The molecule has 4 heterocycles. The molecule has 10 heteroatoms.